The maximum atomic E-state index is 13.5. The summed E-state index contributed by atoms with van der Waals surface area (Å²) in [7, 11) is 1.57. The molecule has 94 valence electrons. The van der Waals surface area contributed by atoms with Crippen molar-refractivity contribution in [2.75, 3.05) is 13.7 Å². The average molecular weight is 241 g/mol. The molecule has 0 radical (unpaired) electrons. The Kier molecular flexibility index (Phi) is 3.08. The fourth-order valence-electron chi connectivity index (χ4n) is 2.36. The van der Waals surface area contributed by atoms with E-state index in [1.54, 1.807) is 7.11 Å². The molecule has 1 saturated heterocycles. The number of rotatable bonds is 2. The van der Waals surface area contributed by atoms with Crippen LogP contribution < -0.4 is 10.1 Å². The van der Waals surface area contributed by atoms with Gasteiger partial charge in [0.1, 0.15) is 5.75 Å². The number of hydrogen-bond donors (Lipinski definition) is 1. The summed E-state index contributed by atoms with van der Waals surface area (Å²) in [5.74, 6) is -1.90. The van der Waals surface area contributed by atoms with Gasteiger partial charge in [-0.1, -0.05) is 12.1 Å². The molecule has 1 fully saturated rings. The molecule has 1 aliphatic rings. The van der Waals surface area contributed by atoms with Crippen LogP contribution in [0.3, 0.4) is 0 Å². The van der Waals surface area contributed by atoms with Crippen LogP contribution in [0.2, 0.25) is 0 Å². The molecule has 2 nitrogen and oxygen atoms in total. The first-order valence-electron chi connectivity index (χ1n) is 5.73. The Bertz CT molecular complexity index is 408. The van der Waals surface area contributed by atoms with Crippen molar-refractivity contribution >= 4 is 0 Å². The summed E-state index contributed by atoms with van der Waals surface area (Å²) in [4.78, 5) is 0. The smallest absolute Gasteiger partial charge is 0.251 e. The van der Waals surface area contributed by atoms with Crippen molar-refractivity contribution in [2.24, 2.45) is 0 Å². The van der Waals surface area contributed by atoms with Crippen LogP contribution in [0.25, 0.3) is 0 Å². The fourth-order valence-corrected chi connectivity index (χ4v) is 2.36. The second-order valence-electron chi connectivity index (χ2n) is 4.77. The van der Waals surface area contributed by atoms with E-state index in [0.29, 0.717) is 12.3 Å². The van der Waals surface area contributed by atoms with Crippen LogP contribution in [-0.2, 0) is 5.54 Å². The van der Waals surface area contributed by atoms with Crippen LogP contribution >= 0.6 is 0 Å². The van der Waals surface area contributed by atoms with Gasteiger partial charge in [-0.2, -0.15) is 0 Å². The van der Waals surface area contributed by atoms with Crippen LogP contribution in [0, 0.1) is 0 Å². The Morgan fingerprint density at radius 2 is 2.12 bits per heavy atom. The summed E-state index contributed by atoms with van der Waals surface area (Å²) in [6, 6.07) is 7.31. The summed E-state index contributed by atoms with van der Waals surface area (Å²) >= 11 is 0. The second-order valence-corrected chi connectivity index (χ2v) is 4.77. The standard InChI is InChI=1S/C13H17F2NO/c1-12(9-13(14,15)6-7-16-12)10-4-3-5-11(8-10)17-2/h3-5,8,16H,6-7,9H2,1-2H3. The van der Waals surface area contributed by atoms with E-state index in [2.05, 4.69) is 5.32 Å². The normalized spacial score (nSPS) is 27.8. The molecule has 4 heteroatoms. The Labute approximate surface area is 100.0 Å². The van der Waals surface area contributed by atoms with E-state index in [1.807, 2.05) is 31.2 Å². The third-order valence-electron chi connectivity index (χ3n) is 3.32. The van der Waals surface area contributed by atoms with Crippen molar-refractivity contribution in [3.8, 4) is 5.75 Å². The van der Waals surface area contributed by atoms with Crippen molar-refractivity contribution in [3.63, 3.8) is 0 Å². The van der Waals surface area contributed by atoms with Gasteiger partial charge in [0.2, 0.25) is 0 Å². The summed E-state index contributed by atoms with van der Waals surface area (Å²) < 4.78 is 32.1. The van der Waals surface area contributed by atoms with Gasteiger partial charge >= 0.3 is 0 Å². The predicted octanol–water partition coefficient (Wildman–Crippen LogP) is 2.93. The van der Waals surface area contributed by atoms with Gasteiger partial charge in [0.05, 0.1) is 7.11 Å². The molecule has 0 saturated carbocycles. The zero-order chi connectivity index (χ0) is 12.5. The lowest BCUT2D eigenvalue weighted by molar-refractivity contribution is -0.0611. The first-order valence-corrected chi connectivity index (χ1v) is 5.73. The number of hydrogen-bond acceptors (Lipinski definition) is 2. The quantitative estimate of drug-likeness (QED) is 0.859. The van der Waals surface area contributed by atoms with Crippen molar-refractivity contribution in [1.29, 1.82) is 0 Å². The Hall–Kier alpha value is -1.16. The Morgan fingerprint density at radius 3 is 2.76 bits per heavy atom. The number of nitrogens with one attached hydrogen (secondary N) is 1. The highest BCUT2D eigenvalue weighted by molar-refractivity contribution is 5.33. The third-order valence-corrected chi connectivity index (χ3v) is 3.32. The molecule has 1 aromatic carbocycles. The van der Waals surface area contributed by atoms with E-state index in [-0.39, 0.29) is 12.8 Å². The van der Waals surface area contributed by atoms with Gasteiger partial charge in [-0.05, 0) is 24.6 Å². The summed E-state index contributed by atoms with van der Waals surface area (Å²) in [5.41, 5.74) is 0.159. The topological polar surface area (TPSA) is 21.3 Å². The zero-order valence-corrected chi connectivity index (χ0v) is 10.1. The SMILES string of the molecule is COc1cccc(C2(C)CC(F)(F)CCN2)c1. The fraction of sp³-hybridized carbons (Fsp3) is 0.538. The van der Waals surface area contributed by atoms with Gasteiger partial charge in [-0.25, -0.2) is 8.78 Å². The highest BCUT2D eigenvalue weighted by atomic mass is 19.3. The van der Waals surface area contributed by atoms with Gasteiger partial charge in [0.15, 0.2) is 0 Å². The molecule has 2 rings (SSSR count). The number of methoxy groups -OCH3 is 1. The highest BCUT2D eigenvalue weighted by Crippen LogP contribution is 2.39. The number of halogens is 2. The minimum atomic E-state index is -2.59. The highest BCUT2D eigenvalue weighted by Gasteiger charge is 2.43. The number of benzene rings is 1. The molecule has 0 bridgehead atoms. The maximum absolute atomic E-state index is 13.5. The van der Waals surface area contributed by atoms with Crippen LogP contribution in [0.1, 0.15) is 25.3 Å². The van der Waals surface area contributed by atoms with Crippen molar-refractivity contribution in [2.45, 2.75) is 31.2 Å². The molecule has 0 aliphatic carbocycles. The summed E-state index contributed by atoms with van der Waals surface area (Å²) in [6.07, 6.45) is -0.264. The van der Waals surface area contributed by atoms with E-state index in [0.717, 1.165) is 5.56 Å². The molecule has 0 spiro atoms. The minimum Gasteiger partial charge on any atom is -0.497 e. The number of ether oxygens (including phenoxy) is 1. The molecular formula is C13H17F2NO. The van der Waals surface area contributed by atoms with Gasteiger partial charge in [-0.15, -0.1) is 0 Å². The molecule has 0 amide bonds. The lowest BCUT2D eigenvalue weighted by Gasteiger charge is -2.39. The first-order chi connectivity index (χ1) is 7.95. The second kappa shape index (κ2) is 4.26. The van der Waals surface area contributed by atoms with Gasteiger partial charge in [0.25, 0.3) is 5.92 Å². The summed E-state index contributed by atoms with van der Waals surface area (Å²) in [6.45, 7) is 2.15. The molecule has 17 heavy (non-hydrogen) atoms. The molecule has 0 aromatic heterocycles. The van der Waals surface area contributed by atoms with E-state index >= 15 is 0 Å². The van der Waals surface area contributed by atoms with E-state index in [4.69, 9.17) is 4.74 Å². The lowest BCUT2D eigenvalue weighted by Crippen LogP contribution is -2.50. The Morgan fingerprint density at radius 1 is 1.35 bits per heavy atom. The van der Waals surface area contributed by atoms with Crippen LogP contribution in [0.5, 0.6) is 5.75 Å². The van der Waals surface area contributed by atoms with Gasteiger partial charge in [-0.3, -0.25) is 0 Å². The van der Waals surface area contributed by atoms with E-state index in [9.17, 15) is 8.78 Å². The van der Waals surface area contributed by atoms with Crippen LogP contribution in [0.15, 0.2) is 24.3 Å². The first kappa shape index (κ1) is 12.3. The minimum absolute atomic E-state index is 0.0907. The molecule has 1 unspecified atom stereocenters. The van der Waals surface area contributed by atoms with Crippen molar-refractivity contribution in [1.82, 2.24) is 5.32 Å². The van der Waals surface area contributed by atoms with E-state index in [1.165, 1.54) is 0 Å². The maximum Gasteiger partial charge on any atom is 0.251 e. The summed E-state index contributed by atoms with van der Waals surface area (Å²) in [5, 5.41) is 3.18. The van der Waals surface area contributed by atoms with E-state index < -0.39 is 11.5 Å². The Balaban J connectivity index is 2.30. The molecule has 1 aromatic rings. The average Bonchev–Trinajstić information content (AvgIpc) is 2.27. The molecule has 1 heterocycles. The van der Waals surface area contributed by atoms with Crippen molar-refractivity contribution < 1.29 is 13.5 Å². The predicted molar refractivity (Wildman–Crippen MR) is 62.5 cm³/mol. The molecular weight excluding hydrogens is 224 g/mol. The molecule has 1 atom stereocenters. The molecule has 1 aliphatic heterocycles. The monoisotopic (exact) mass is 241 g/mol. The van der Waals surface area contributed by atoms with Crippen LogP contribution in [0.4, 0.5) is 8.78 Å². The largest absolute Gasteiger partial charge is 0.497 e. The van der Waals surface area contributed by atoms with Gasteiger partial charge in [0, 0.05) is 24.9 Å². The number of piperidine rings is 1. The molecule has 1 N–H and O–H groups in total. The van der Waals surface area contributed by atoms with Crippen LogP contribution in [-0.4, -0.2) is 19.6 Å². The van der Waals surface area contributed by atoms with Crippen molar-refractivity contribution in [3.05, 3.63) is 29.8 Å². The third kappa shape index (κ3) is 2.57. The zero-order valence-electron chi connectivity index (χ0n) is 10.1. The lowest BCUT2D eigenvalue weighted by atomic mass is 9.82. The number of alkyl halides is 2. The van der Waals surface area contributed by atoms with Gasteiger partial charge < -0.3 is 10.1 Å².